The van der Waals surface area contributed by atoms with Gasteiger partial charge in [0, 0.05) is 42.8 Å². The maximum absolute atomic E-state index is 13.5. The van der Waals surface area contributed by atoms with Crippen LogP contribution in [0.4, 0.5) is 13.2 Å². The molecule has 2 rings (SSSR count). The fourth-order valence-corrected chi connectivity index (χ4v) is 3.07. The van der Waals surface area contributed by atoms with Crippen LogP contribution in [-0.4, -0.2) is 27.7 Å². The molecule has 1 amide bonds. The van der Waals surface area contributed by atoms with E-state index < -0.39 is 17.5 Å². The van der Waals surface area contributed by atoms with Crippen molar-refractivity contribution in [3.05, 3.63) is 35.1 Å². The molecular formula is C13H12F3NO2S. The number of carbonyl (C=O) groups excluding carboxylic acids is 2. The first-order valence-corrected chi connectivity index (χ1v) is 6.83. The summed E-state index contributed by atoms with van der Waals surface area (Å²) >= 11 is 1.04. The molecule has 3 nitrogen and oxygen atoms in total. The molecule has 1 atom stereocenters. The highest BCUT2D eigenvalue weighted by molar-refractivity contribution is 8.14. The van der Waals surface area contributed by atoms with Gasteiger partial charge in [-0.2, -0.15) is 0 Å². The molecule has 1 heterocycles. The molecular weight excluding hydrogens is 291 g/mol. The first kappa shape index (κ1) is 14.9. The monoisotopic (exact) mass is 303 g/mol. The van der Waals surface area contributed by atoms with Crippen LogP contribution in [0, 0.1) is 17.5 Å². The number of thioether (sulfide) groups is 1. The van der Waals surface area contributed by atoms with Gasteiger partial charge in [-0.1, -0.05) is 11.8 Å². The molecule has 0 aliphatic carbocycles. The van der Waals surface area contributed by atoms with E-state index in [4.69, 9.17) is 0 Å². The largest absolute Gasteiger partial charge is 0.337 e. The van der Waals surface area contributed by atoms with Crippen molar-refractivity contribution in [2.24, 2.45) is 0 Å². The summed E-state index contributed by atoms with van der Waals surface area (Å²) in [6.07, 6.45) is 0.161. The maximum Gasteiger partial charge on any atom is 0.224 e. The summed E-state index contributed by atoms with van der Waals surface area (Å²) in [6.45, 7) is 1.39. The zero-order valence-electron chi connectivity index (χ0n) is 10.7. The van der Waals surface area contributed by atoms with E-state index in [2.05, 4.69) is 0 Å². The second kappa shape index (κ2) is 5.87. The van der Waals surface area contributed by atoms with Gasteiger partial charge in [0.2, 0.25) is 5.91 Å². The van der Waals surface area contributed by atoms with Crippen molar-refractivity contribution in [1.29, 1.82) is 0 Å². The molecule has 0 aromatic heterocycles. The summed E-state index contributed by atoms with van der Waals surface area (Å²) in [4.78, 5) is 24.0. The topological polar surface area (TPSA) is 37.4 Å². The molecule has 0 spiro atoms. The Morgan fingerprint density at radius 3 is 2.50 bits per heavy atom. The highest BCUT2D eigenvalue weighted by Crippen LogP contribution is 2.26. The van der Waals surface area contributed by atoms with Crippen molar-refractivity contribution in [3.8, 4) is 0 Å². The number of rotatable bonds is 3. The number of benzene rings is 1. The lowest BCUT2D eigenvalue weighted by Gasteiger charge is -2.17. The Hall–Kier alpha value is -1.50. The van der Waals surface area contributed by atoms with Gasteiger partial charge < -0.3 is 4.90 Å². The van der Waals surface area contributed by atoms with Crippen LogP contribution in [0.2, 0.25) is 0 Å². The van der Waals surface area contributed by atoms with Crippen LogP contribution in [0.3, 0.4) is 0 Å². The van der Waals surface area contributed by atoms with E-state index in [1.807, 2.05) is 0 Å². The Balaban J connectivity index is 2.11. The first-order chi connectivity index (χ1) is 9.36. The van der Waals surface area contributed by atoms with E-state index in [1.165, 1.54) is 11.8 Å². The lowest BCUT2D eigenvalue weighted by Crippen LogP contribution is -2.26. The summed E-state index contributed by atoms with van der Waals surface area (Å²) in [6, 6.07) is 1.17. The molecule has 1 aliphatic rings. The van der Waals surface area contributed by atoms with Crippen molar-refractivity contribution in [3.63, 3.8) is 0 Å². The molecule has 0 N–H and O–H groups in total. The lowest BCUT2D eigenvalue weighted by molar-refractivity contribution is -0.128. The van der Waals surface area contributed by atoms with Crippen molar-refractivity contribution >= 4 is 22.8 Å². The predicted octanol–water partition coefficient (Wildman–Crippen LogP) is 2.48. The number of nitrogens with zero attached hydrogens (tertiary/aromatic N) is 1. The van der Waals surface area contributed by atoms with Crippen LogP contribution in [-0.2, 0) is 16.1 Å². The van der Waals surface area contributed by atoms with Crippen molar-refractivity contribution in [2.45, 2.75) is 25.1 Å². The van der Waals surface area contributed by atoms with Crippen LogP contribution in [0.1, 0.15) is 18.9 Å². The van der Waals surface area contributed by atoms with Gasteiger partial charge in [-0.05, 0) is 0 Å². The molecule has 7 heteroatoms. The smallest absolute Gasteiger partial charge is 0.224 e. The first-order valence-electron chi connectivity index (χ1n) is 5.95. The molecule has 108 valence electrons. The van der Waals surface area contributed by atoms with E-state index in [0.717, 1.165) is 11.8 Å². The lowest BCUT2D eigenvalue weighted by atomic mass is 10.2. The number of hydrogen-bond acceptors (Lipinski definition) is 3. The van der Waals surface area contributed by atoms with E-state index >= 15 is 0 Å². The van der Waals surface area contributed by atoms with Gasteiger partial charge >= 0.3 is 0 Å². The molecule has 1 aromatic rings. The zero-order chi connectivity index (χ0) is 14.9. The van der Waals surface area contributed by atoms with Gasteiger partial charge in [-0.25, -0.2) is 13.2 Å². The summed E-state index contributed by atoms with van der Waals surface area (Å²) < 4.78 is 39.8. The van der Waals surface area contributed by atoms with Gasteiger partial charge in [-0.3, -0.25) is 9.59 Å². The van der Waals surface area contributed by atoms with Crippen LogP contribution in [0.25, 0.3) is 0 Å². The average Bonchev–Trinajstić information content (AvgIpc) is 2.63. The minimum Gasteiger partial charge on any atom is -0.337 e. The minimum absolute atomic E-state index is 0.108. The summed E-state index contributed by atoms with van der Waals surface area (Å²) in [5.41, 5.74) is -0.340. The van der Waals surface area contributed by atoms with Gasteiger partial charge in [0.05, 0.1) is 6.54 Å². The third kappa shape index (κ3) is 3.33. The average molecular weight is 303 g/mol. The van der Waals surface area contributed by atoms with Crippen molar-refractivity contribution in [2.75, 3.05) is 6.54 Å². The summed E-state index contributed by atoms with van der Waals surface area (Å²) in [5, 5.41) is -0.310. The molecule has 1 unspecified atom stereocenters. The van der Waals surface area contributed by atoms with Gasteiger partial charge in [0.25, 0.3) is 0 Å². The predicted molar refractivity (Wildman–Crippen MR) is 68.4 cm³/mol. The fourth-order valence-electron chi connectivity index (χ4n) is 2.12. The van der Waals surface area contributed by atoms with Gasteiger partial charge in [-0.15, -0.1) is 0 Å². The quantitative estimate of drug-likeness (QED) is 0.861. The molecule has 1 aromatic carbocycles. The van der Waals surface area contributed by atoms with Crippen molar-refractivity contribution in [1.82, 2.24) is 4.90 Å². The Kier molecular flexibility index (Phi) is 4.37. The number of likely N-dealkylation sites (tertiary alicyclic amines) is 1. The van der Waals surface area contributed by atoms with Crippen LogP contribution in [0.15, 0.2) is 12.1 Å². The standard InChI is InChI=1S/C13H12F3NO2S/c1-7(18)20-9-4-13(19)17(5-9)6-10-11(15)2-8(14)3-12(10)16/h2-3,9H,4-6H2,1H3. The molecule has 0 bridgehead atoms. The Bertz CT molecular complexity index is 542. The summed E-state index contributed by atoms with van der Waals surface area (Å²) in [7, 11) is 0. The molecule has 0 saturated carbocycles. The number of hydrogen-bond donors (Lipinski definition) is 0. The molecule has 20 heavy (non-hydrogen) atoms. The number of amides is 1. The normalized spacial score (nSPS) is 18.7. The Morgan fingerprint density at radius 2 is 1.95 bits per heavy atom. The fraction of sp³-hybridized carbons (Fsp3) is 0.385. The molecule has 1 saturated heterocycles. The Labute approximate surface area is 118 Å². The molecule has 0 radical (unpaired) electrons. The second-order valence-corrected chi connectivity index (χ2v) is 6.04. The van der Waals surface area contributed by atoms with Crippen molar-refractivity contribution < 1.29 is 22.8 Å². The third-order valence-corrected chi connectivity index (χ3v) is 3.95. The van der Waals surface area contributed by atoms with Crippen LogP contribution < -0.4 is 0 Å². The van der Waals surface area contributed by atoms with E-state index in [0.29, 0.717) is 12.1 Å². The zero-order valence-corrected chi connectivity index (χ0v) is 11.5. The number of halogens is 3. The van der Waals surface area contributed by atoms with Gasteiger partial charge in [0.1, 0.15) is 17.5 Å². The SMILES string of the molecule is CC(=O)SC1CC(=O)N(Cc2c(F)cc(F)cc2F)C1. The highest BCUT2D eigenvalue weighted by Gasteiger charge is 2.32. The molecule has 1 aliphatic heterocycles. The molecule has 1 fully saturated rings. The van der Waals surface area contributed by atoms with Crippen LogP contribution in [0.5, 0.6) is 0 Å². The minimum atomic E-state index is -1.02. The van der Waals surface area contributed by atoms with E-state index in [1.54, 1.807) is 0 Å². The maximum atomic E-state index is 13.5. The third-order valence-electron chi connectivity index (χ3n) is 2.97. The van der Waals surface area contributed by atoms with Crippen LogP contribution >= 0.6 is 11.8 Å². The van der Waals surface area contributed by atoms with E-state index in [9.17, 15) is 22.8 Å². The van der Waals surface area contributed by atoms with E-state index in [-0.39, 0.29) is 41.3 Å². The van der Waals surface area contributed by atoms with Gasteiger partial charge in [0.15, 0.2) is 5.12 Å². The Morgan fingerprint density at radius 1 is 1.35 bits per heavy atom. The second-order valence-electron chi connectivity index (χ2n) is 4.56. The summed E-state index contributed by atoms with van der Waals surface area (Å²) in [5.74, 6) is -3.30. The highest BCUT2D eigenvalue weighted by atomic mass is 32.2. The number of carbonyl (C=O) groups is 2.